The maximum Gasteiger partial charge on any atom is 0.233 e. The van der Waals surface area contributed by atoms with Crippen LogP contribution in [-0.2, 0) is 7.05 Å². The van der Waals surface area contributed by atoms with Gasteiger partial charge in [-0.3, -0.25) is 4.68 Å². The Morgan fingerprint density at radius 3 is 2.79 bits per heavy atom. The molecule has 0 radical (unpaired) electrons. The first kappa shape index (κ1) is 9.52. The maximum atomic E-state index is 5.89. The molecule has 0 aliphatic carbocycles. The first-order valence-electron chi connectivity index (χ1n) is 5.07. The van der Waals surface area contributed by atoms with Gasteiger partial charge in [-0.05, 0) is 32.9 Å². The van der Waals surface area contributed by atoms with Gasteiger partial charge < -0.3 is 10.1 Å². The van der Waals surface area contributed by atoms with Crippen LogP contribution in [0.1, 0.15) is 19.8 Å². The molecule has 1 aliphatic rings. The topological polar surface area (TPSA) is 39.1 Å². The fourth-order valence-corrected chi connectivity index (χ4v) is 1.76. The van der Waals surface area contributed by atoms with Crippen LogP contribution in [-0.4, -0.2) is 28.5 Å². The Labute approximate surface area is 84.3 Å². The Bertz CT molecular complexity index is 302. The third-order valence-corrected chi connectivity index (χ3v) is 2.70. The number of aryl methyl sites for hydroxylation is 1. The molecule has 0 spiro atoms. The highest BCUT2D eigenvalue weighted by Crippen LogP contribution is 2.24. The number of nitrogens with zero attached hydrogens (tertiary/aromatic N) is 2. The summed E-state index contributed by atoms with van der Waals surface area (Å²) >= 11 is 0. The first-order chi connectivity index (χ1) is 6.68. The van der Waals surface area contributed by atoms with Gasteiger partial charge in [0.2, 0.25) is 5.88 Å². The van der Waals surface area contributed by atoms with E-state index in [2.05, 4.69) is 17.3 Å². The third-order valence-electron chi connectivity index (χ3n) is 2.70. The number of aromatic nitrogens is 2. The summed E-state index contributed by atoms with van der Waals surface area (Å²) in [6.07, 6.45) is 3.99. The second-order valence-corrected chi connectivity index (χ2v) is 4.13. The second-order valence-electron chi connectivity index (χ2n) is 4.13. The molecule has 78 valence electrons. The zero-order chi connectivity index (χ0) is 10.0. The Hall–Kier alpha value is -1.03. The largest absolute Gasteiger partial charge is 0.470 e. The van der Waals surface area contributed by atoms with Gasteiger partial charge in [-0.15, -0.1) is 5.10 Å². The standard InChI is InChI=1S/C10H17N3O/c1-10(4-6-11-7-5-10)14-9-3-8-13(2)12-9/h3,8,11H,4-7H2,1-2H3. The van der Waals surface area contributed by atoms with Gasteiger partial charge in [-0.1, -0.05) is 0 Å². The average molecular weight is 195 g/mol. The first-order valence-corrected chi connectivity index (χ1v) is 5.07. The maximum absolute atomic E-state index is 5.89. The molecule has 0 amide bonds. The molecule has 0 bridgehead atoms. The summed E-state index contributed by atoms with van der Waals surface area (Å²) in [5.74, 6) is 0.733. The number of hydrogen-bond acceptors (Lipinski definition) is 3. The molecule has 0 unspecified atom stereocenters. The molecule has 4 nitrogen and oxygen atoms in total. The van der Waals surface area contributed by atoms with Crippen LogP contribution in [0, 0.1) is 0 Å². The lowest BCUT2D eigenvalue weighted by atomic mass is 9.95. The zero-order valence-electron chi connectivity index (χ0n) is 8.79. The van der Waals surface area contributed by atoms with Crippen molar-refractivity contribution in [1.29, 1.82) is 0 Å². The van der Waals surface area contributed by atoms with E-state index in [1.54, 1.807) is 4.68 Å². The van der Waals surface area contributed by atoms with Crippen molar-refractivity contribution in [3.8, 4) is 5.88 Å². The lowest BCUT2D eigenvalue weighted by Crippen LogP contribution is -2.43. The van der Waals surface area contributed by atoms with Crippen LogP contribution in [0.25, 0.3) is 0 Å². The van der Waals surface area contributed by atoms with Gasteiger partial charge in [0, 0.05) is 19.3 Å². The normalized spacial score (nSPS) is 20.7. The van der Waals surface area contributed by atoms with Crippen molar-refractivity contribution >= 4 is 0 Å². The molecule has 1 aromatic rings. The van der Waals surface area contributed by atoms with Gasteiger partial charge in [0.15, 0.2) is 0 Å². The lowest BCUT2D eigenvalue weighted by Gasteiger charge is -2.33. The van der Waals surface area contributed by atoms with Gasteiger partial charge in [0.05, 0.1) is 0 Å². The van der Waals surface area contributed by atoms with Crippen LogP contribution in [0.15, 0.2) is 12.3 Å². The van der Waals surface area contributed by atoms with E-state index in [0.29, 0.717) is 0 Å². The van der Waals surface area contributed by atoms with Gasteiger partial charge >= 0.3 is 0 Å². The summed E-state index contributed by atoms with van der Waals surface area (Å²) in [5, 5.41) is 7.55. The SMILES string of the molecule is Cn1ccc(OC2(C)CCNCC2)n1. The molecule has 4 heteroatoms. The fourth-order valence-electron chi connectivity index (χ4n) is 1.76. The zero-order valence-corrected chi connectivity index (χ0v) is 8.79. The van der Waals surface area contributed by atoms with Crippen molar-refractivity contribution in [2.75, 3.05) is 13.1 Å². The van der Waals surface area contributed by atoms with Gasteiger partial charge in [0.25, 0.3) is 0 Å². The predicted molar refractivity (Wildman–Crippen MR) is 54.3 cm³/mol. The van der Waals surface area contributed by atoms with E-state index in [1.807, 2.05) is 19.3 Å². The number of piperidine rings is 1. The summed E-state index contributed by atoms with van der Waals surface area (Å²) in [7, 11) is 1.90. The molecule has 1 aromatic heterocycles. The molecule has 14 heavy (non-hydrogen) atoms. The van der Waals surface area contributed by atoms with Crippen LogP contribution in [0.5, 0.6) is 5.88 Å². The Morgan fingerprint density at radius 2 is 2.21 bits per heavy atom. The summed E-state index contributed by atoms with van der Waals surface area (Å²) in [6.45, 7) is 4.22. The van der Waals surface area contributed by atoms with E-state index in [1.165, 1.54) is 0 Å². The van der Waals surface area contributed by atoms with Gasteiger partial charge in [0.1, 0.15) is 5.60 Å². The van der Waals surface area contributed by atoms with E-state index >= 15 is 0 Å². The smallest absolute Gasteiger partial charge is 0.233 e. The van der Waals surface area contributed by atoms with Crippen LogP contribution in [0.3, 0.4) is 0 Å². The highest BCUT2D eigenvalue weighted by Gasteiger charge is 2.29. The quantitative estimate of drug-likeness (QED) is 0.763. The highest BCUT2D eigenvalue weighted by atomic mass is 16.5. The van der Waals surface area contributed by atoms with Crippen molar-refractivity contribution in [3.63, 3.8) is 0 Å². The number of rotatable bonds is 2. The molecule has 2 heterocycles. The molecule has 2 rings (SSSR count). The molecular weight excluding hydrogens is 178 g/mol. The molecule has 0 atom stereocenters. The van der Waals surface area contributed by atoms with Crippen LogP contribution in [0.2, 0.25) is 0 Å². The van der Waals surface area contributed by atoms with Crippen molar-refractivity contribution in [2.45, 2.75) is 25.4 Å². The summed E-state index contributed by atoms with van der Waals surface area (Å²) in [6, 6.07) is 1.91. The molecule has 1 saturated heterocycles. The fraction of sp³-hybridized carbons (Fsp3) is 0.700. The van der Waals surface area contributed by atoms with Crippen LogP contribution >= 0.6 is 0 Å². The van der Waals surface area contributed by atoms with Crippen molar-refractivity contribution < 1.29 is 4.74 Å². The molecule has 0 saturated carbocycles. The van der Waals surface area contributed by atoms with E-state index < -0.39 is 0 Å². The monoisotopic (exact) mass is 195 g/mol. The predicted octanol–water partition coefficient (Wildman–Crippen LogP) is 0.941. The van der Waals surface area contributed by atoms with E-state index in [4.69, 9.17) is 4.74 Å². The summed E-state index contributed by atoms with van der Waals surface area (Å²) < 4.78 is 7.66. The van der Waals surface area contributed by atoms with E-state index in [-0.39, 0.29) is 5.60 Å². The minimum Gasteiger partial charge on any atom is -0.470 e. The van der Waals surface area contributed by atoms with E-state index in [9.17, 15) is 0 Å². The molecule has 1 fully saturated rings. The number of hydrogen-bond donors (Lipinski definition) is 1. The number of ether oxygens (including phenoxy) is 1. The minimum absolute atomic E-state index is 0.0421. The summed E-state index contributed by atoms with van der Waals surface area (Å²) in [4.78, 5) is 0. The molecule has 0 aromatic carbocycles. The molecule has 1 aliphatic heterocycles. The van der Waals surface area contributed by atoms with Crippen molar-refractivity contribution in [2.24, 2.45) is 7.05 Å². The number of nitrogens with one attached hydrogen (secondary N) is 1. The van der Waals surface area contributed by atoms with Crippen LogP contribution < -0.4 is 10.1 Å². The highest BCUT2D eigenvalue weighted by molar-refractivity contribution is 5.07. The second kappa shape index (κ2) is 3.61. The van der Waals surface area contributed by atoms with Crippen molar-refractivity contribution in [1.82, 2.24) is 15.1 Å². The summed E-state index contributed by atoms with van der Waals surface area (Å²) in [5.41, 5.74) is -0.0421. The van der Waals surface area contributed by atoms with Gasteiger partial charge in [-0.25, -0.2) is 0 Å². The van der Waals surface area contributed by atoms with E-state index in [0.717, 1.165) is 31.8 Å². The average Bonchev–Trinajstić information content (AvgIpc) is 2.51. The van der Waals surface area contributed by atoms with Crippen molar-refractivity contribution in [3.05, 3.63) is 12.3 Å². The Balaban J connectivity index is 2.01. The minimum atomic E-state index is -0.0421. The van der Waals surface area contributed by atoms with Gasteiger partial charge in [-0.2, -0.15) is 0 Å². The Kier molecular flexibility index (Phi) is 2.46. The molecular formula is C10H17N3O. The molecule has 1 N–H and O–H groups in total. The Morgan fingerprint density at radius 1 is 1.50 bits per heavy atom. The lowest BCUT2D eigenvalue weighted by molar-refractivity contribution is 0.0502. The third kappa shape index (κ3) is 2.07. The van der Waals surface area contributed by atoms with Crippen LogP contribution in [0.4, 0.5) is 0 Å².